The van der Waals surface area contributed by atoms with Crippen LogP contribution in [0.15, 0.2) is 71.2 Å². The molecule has 0 aliphatic rings. The Morgan fingerprint density at radius 3 is 2.70 bits per heavy atom. The zero-order valence-corrected chi connectivity index (χ0v) is 19.0. The van der Waals surface area contributed by atoms with Crippen LogP contribution >= 0.6 is 23.1 Å². The van der Waals surface area contributed by atoms with E-state index in [1.165, 1.54) is 17.8 Å². The van der Waals surface area contributed by atoms with Gasteiger partial charge in [-0.3, -0.25) is 19.5 Å². The van der Waals surface area contributed by atoms with Crippen molar-refractivity contribution in [1.82, 2.24) is 14.8 Å². The van der Waals surface area contributed by atoms with Crippen LogP contribution in [0.3, 0.4) is 0 Å². The van der Waals surface area contributed by atoms with Gasteiger partial charge in [-0.25, -0.2) is 0 Å². The van der Waals surface area contributed by atoms with E-state index in [4.69, 9.17) is 0 Å². The molecule has 0 fully saturated rings. The number of rotatable bonds is 8. The fraction of sp³-hybridized carbons (Fsp3) is 0.136. The Bertz CT molecular complexity index is 1280. The molecule has 0 aliphatic carbocycles. The largest absolute Gasteiger partial charge is 0.325 e. The number of benzene rings is 2. The summed E-state index contributed by atoms with van der Waals surface area (Å²) < 4.78 is 15.5. The summed E-state index contributed by atoms with van der Waals surface area (Å²) in [4.78, 5) is 23.8. The molecule has 1 N–H and O–H groups in total. The number of anilines is 1. The number of nitrogens with zero attached hydrogens (tertiary/aromatic N) is 4. The molecular weight excluding hydrogens is 465 g/mol. The molecule has 1 atom stereocenters. The molecule has 1 unspecified atom stereocenters. The molecule has 0 saturated heterocycles. The van der Waals surface area contributed by atoms with Crippen molar-refractivity contribution in [2.24, 2.45) is 0 Å². The molecule has 0 radical (unpaired) electrons. The third-order valence-corrected chi connectivity index (χ3v) is 6.65. The van der Waals surface area contributed by atoms with Crippen LogP contribution in [0.2, 0.25) is 0 Å². The van der Waals surface area contributed by atoms with Gasteiger partial charge in [0.05, 0.1) is 21.6 Å². The van der Waals surface area contributed by atoms with Gasteiger partial charge in [0.1, 0.15) is 0 Å². The second-order valence-electron chi connectivity index (χ2n) is 7.03. The van der Waals surface area contributed by atoms with Gasteiger partial charge < -0.3 is 5.32 Å². The molecule has 0 aliphatic heterocycles. The third-order valence-electron chi connectivity index (χ3n) is 4.70. The van der Waals surface area contributed by atoms with Gasteiger partial charge in [0.15, 0.2) is 11.0 Å². The molecular formula is C22H18FN5O3S2. The second-order valence-corrected chi connectivity index (χ2v) is 9.28. The lowest BCUT2D eigenvalue weighted by atomic mass is 10.2. The highest BCUT2D eigenvalue weighted by atomic mass is 32.2. The highest BCUT2D eigenvalue weighted by Gasteiger charge is 2.23. The molecule has 2 aromatic heterocycles. The van der Waals surface area contributed by atoms with Crippen molar-refractivity contribution in [3.63, 3.8) is 0 Å². The molecule has 8 nitrogen and oxygen atoms in total. The van der Waals surface area contributed by atoms with Gasteiger partial charge in [0, 0.05) is 11.8 Å². The van der Waals surface area contributed by atoms with Crippen LogP contribution in [0.5, 0.6) is 0 Å². The first-order valence-corrected chi connectivity index (χ1v) is 11.6. The summed E-state index contributed by atoms with van der Waals surface area (Å²) >= 11 is 2.77. The Balaban J connectivity index is 1.55. The zero-order chi connectivity index (χ0) is 23.4. The molecule has 11 heteroatoms. The molecule has 168 valence electrons. The smallest absolute Gasteiger partial charge is 0.306 e. The minimum Gasteiger partial charge on any atom is -0.325 e. The van der Waals surface area contributed by atoms with Gasteiger partial charge in [-0.05, 0) is 36.1 Å². The van der Waals surface area contributed by atoms with E-state index in [2.05, 4.69) is 15.5 Å². The third kappa shape index (κ3) is 5.26. The summed E-state index contributed by atoms with van der Waals surface area (Å²) in [6.07, 6.45) is 0. The topological polar surface area (TPSA) is 103 Å². The number of amides is 1. The van der Waals surface area contributed by atoms with Crippen LogP contribution in [-0.4, -0.2) is 30.8 Å². The van der Waals surface area contributed by atoms with Crippen LogP contribution in [0.25, 0.3) is 10.7 Å². The molecule has 0 saturated carbocycles. The van der Waals surface area contributed by atoms with Crippen molar-refractivity contribution >= 4 is 40.4 Å². The standard InChI is InChI=1S/C22H18FN5O3S2/c1-14(21(29)24-16-9-10-17(23)18(12-16)28(30)31)33-22-26-25-20(19-8-5-11-32-19)27(22)13-15-6-3-2-4-7-15/h2-12,14H,13H2,1H3,(H,24,29). The van der Waals surface area contributed by atoms with E-state index in [0.29, 0.717) is 17.5 Å². The minimum atomic E-state index is -0.962. The number of carbonyl (C=O) groups is 1. The number of nitro benzene ring substituents is 1. The highest BCUT2D eigenvalue weighted by molar-refractivity contribution is 8.00. The van der Waals surface area contributed by atoms with Crippen LogP contribution in [-0.2, 0) is 11.3 Å². The Labute approximate surface area is 196 Å². The number of thiophene rings is 1. The number of carbonyl (C=O) groups excluding carboxylic acids is 1. The monoisotopic (exact) mass is 483 g/mol. The first-order valence-electron chi connectivity index (χ1n) is 9.85. The average Bonchev–Trinajstić information content (AvgIpc) is 3.46. The maximum atomic E-state index is 13.6. The molecule has 1 amide bonds. The number of nitro groups is 1. The summed E-state index contributed by atoms with van der Waals surface area (Å²) in [6.45, 7) is 2.23. The van der Waals surface area contributed by atoms with E-state index in [1.807, 2.05) is 52.4 Å². The fourth-order valence-corrected chi connectivity index (χ4v) is 4.62. The maximum Gasteiger partial charge on any atom is 0.306 e. The van der Waals surface area contributed by atoms with Crippen LogP contribution < -0.4 is 5.32 Å². The molecule has 2 aromatic carbocycles. The van der Waals surface area contributed by atoms with Crippen LogP contribution in [0, 0.1) is 15.9 Å². The van der Waals surface area contributed by atoms with Crippen molar-refractivity contribution in [3.05, 3.63) is 87.5 Å². The van der Waals surface area contributed by atoms with Gasteiger partial charge in [-0.1, -0.05) is 48.2 Å². The van der Waals surface area contributed by atoms with Crippen molar-refractivity contribution in [2.45, 2.75) is 23.9 Å². The number of thioether (sulfide) groups is 1. The van der Waals surface area contributed by atoms with Gasteiger partial charge >= 0.3 is 5.69 Å². The SMILES string of the molecule is CC(Sc1nnc(-c2cccs2)n1Cc1ccccc1)C(=O)Nc1ccc(F)c([N+](=O)[O-])c1. The summed E-state index contributed by atoms with van der Waals surface area (Å²) in [5, 5.41) is 24.1. The van der Waals surface area contributed by atoms with Crippen LogP contribution in [0.4, 0.5) is 15.8 Å². The quantitative estimate of drug-likeness (QED) is 0.209. The van der Waals surface area contributed by atoms with Gasteiger partial charge in [0.25, 0.3) is 0 Å². The maximum absolute atomic E-state index is 13.6. The summed E-state index contributed by atoms with van der Waals surface area (Å²) in [5.41, 5.74) is 0.509. The summed E-state index contributed by atoms with van der Waals surface area (Å²) in [6, 6.07) is 17.0. The highest BCUT2D eigenvalue weighted by Crippen LogP contribution is 2.30. The number of hydrogen-bond donors (Lipinski definition) is 1. The number of hydrogen-bond acceptors (Lipinski definition) is 7. The summed E-state index contributed by atoms with van der Waals surface area (Å²) in [5.74, 6) is -0.651. The minimum absolute atomic E-state index is 0.144. The first-order chi connectivity index (χ1) is 15.9. The van der Waals surface area contributed by atoms with E-state index in [1.54, 1.807) is 18.3 Å². The van der Waals surface area contributed by atoms with Crippen molar-refractivity contribution in [1.29, 1.82) is 0 Å². The van der Waals surface area contributed by atoms with Crippen LogP contribution in [0.1, 0.15) is 12.5 Å². The molecule has 4 rings (SSSR count). The van der Waals surface area contributed by atoms with E-state index in [9.17, 15) is 19.3 Å². The lowest BCUT2D eigenvalue weighted by Gasteiger charge is -2.14. The lowest BCUT2D eigenvalue weighted by molar-refractivity contribution is -0.387. The lowest BCUT2D eigenvalue weighted by Crippen LogP contribution is -2.23. The fourth-order valence-electron chi connectivity index (χ4n) is 3.06. The average molecular weight is 484 g/mol. The Morgan fingerprint density at radius 2 is 2.00 bits per heavy atom. The number of halogens is 1. The molecule has 33 heavy (non-hydrogen) atoms. The molecule has 0 bridgehead atoms. The second kappa shape index (κ2) is 9.92. The molecule has 2 heterocycles. The zero-order valence-electron chi connectivity index (χ0n) is 17.3. The van der Waals surface area contributed by atoms with E-state index in [-0.39, 0.29) is 5.69 Å². The van der Waals surface area contributed by atoms with Gasteiger partial charge in [-0.2, -0.15) is 4.39 Å². The van der Waals surface area contributed by atoms with Gasteiger partial charge in [-0.15, -0.1) is 21.5 Å². The van der Waals surface area contributed by atoms with E-state index < -0.39 is 27.6 Å². The van der Waals surface area contributed by atoms with Gasteiger partial charge in [0.2, 0.25) is 11.7 Å². The summed E-state index contributed by atoms with van der Waals surface area (Å²) in [7, 11) is 0. The van der Waals surface area contributed by atoms with Crippen molar-refractivity contribution in [3.8, 4) is 10.7 Å². The first kappa shape index (κ1) is 22.6. The van der Waals surface area contributed by atoms with Crippen molar-refractivity contribution in [2.75, 3.05) is 5.32 Å². The normalized spacial score (nSPS) is 11.8. The Hall–Kier alpha value is -3.57. The Morgan fingerprint density at radius 1 is 1.21 bits per heavy atom. The molecule has 0 spiro atoms. The number of aromatic nitrogens is 3. The van der Waals surface area contributed by atoms with E-state index in [0.717, 1.165) is 22.6 Å². The van der Waals surface area contributed by atoms with Crippen molar-refractivity contribution < 1.29 is 14.1 Å². The number of nitrogens with one attached hydrogen (secondary N) is 1. The Kier molecular flexibility index (Phi) is 6.80. The predicted molar refractivity (Wildman–Crippen MR) is 126 cm³/mol. The molecule has 4 aromatic rings. The predicted octanol–water partition coefficient (Wildman–Crippen LogP) is 5.22. The van der Waals surface area contributed by atoms with E-state index >= 15 is 0 Å².